The van der Waals surface area contributed by atoms with Crippen molar-refractivity contribution in [3.63, 3.8) is 0 Å². The van der Waals surface area contributed by atoms with Crippen LogP contribution < -0.4 is 0 Å². The highest BCUT2D eigenvalue weighted by atomic mass is 16.5. The third-order valence-corrected chi connectivity index (χ3v) is 3.65. The molecule has 1 aliphatic rings. The number of carbonyl (C=O) groups excluding carboxylic acids is 1. The molecule has 0 radical (unpaired) electrons. The van der Waals surface area contributed by atoms with E-state index in [0.29, 0.717) is 13.0 Å². The number of amides is 1. The van der Waals surface area contributed by atoms with E-state index in [1.165, 1.54) is 0 Å². The van der Waals surface area contributed by atoms with Gasteiger partial charge in [-0.15, -0.1) is 0 Å². The van der Waals surface area contributed by atoms with Crippen LogP contribution in [0.2, 0.25) is 0 Å². The Labute approximate surface area is 118 Å². The van der Waals surface area contributed by atoms with Crippen LogP contribution in [-0.4, -0.2) is 22.5 Å². The summed E-state index contributed by atoms with van der Waals surface area (Å²) in [5.41, 5.74) is 1.85. The molecule has 0 saturated carbocycles. The van der Waals surface area contributed by atoms with Gasteiger partial charge in [-0.2, -0.15) is 0 Å². The predicted molar refractivity (Wildman–Crippen MR) is 75.8 cm³/mol. The van der Waals surface area contributed by atoms with Crippen molar-refractivity contribution < 1.29 is 9.32 Å². The topological polar surface area (TPSA) is 46.3 Å². The summed E-state index contributed by atoms with van der Waals surface area (Å²) in [6.07, 6.45) is 3.86. The fraction of sp³-hybridized carbons (Fsp3) is 0.375. The lowest BCUT2D eigenvalue weighted by atomic mass is 10.1. The van der Waals surface area contributed by atoms with Crippen LogP contribution in [0.3, 0.4) is 0 Å². The summed E-state index contributed by atoms with van der Waals surface area (Å²) in [4.78, 5) is 13.8. The number of hydrogen-bond donors (Lipinski definition) is 0. The lowest BCUT2D eigenvalue weighted by Gasteiger charge is -2.18. The van der Waals surface area contributed by atoms with E-state index >= 15 is 0 Å². The average molecular weight is 270 g/mol. The molecule has 4 heteroatoms. The van der Waals surface area contributed by atoms with E-state index in [1.807, 2.05) is 41.3 Å². The fourth-order valence-electron chi connectivity index (χ4n) is 2.53. The molecular formula is C16H18N2O2. The Balaban J connectivity index is 1.72. The minimum atomic E-state index is 0.222. The standard InChI is InChI=1S/C16H18N2O2/c19-16-9-5-2-6-10-18(16)12-14-11-15(17-20-14)13-7-3-1-4-8-13/h1,3-4,7-8,11H,2,5-6,9-10,12H2. The van der Waals surface area contributed by atoms with Crippen molar-refractivity contribution in [3.05, 3.63) is 42.2 Å². The molecule has 1 amide bonds. The van der Waals surface area contributed by atoms with Gasteiger partial charge in [0.05, 0.1) is 6.54 Å². The molecule has 0 atom stereocenters. The number of rotatable bonds is 3. The number of benzene rings is 1. The molecule has 4 nitrogen and oxygen atoms in total. The smallest absolute Gasteiger partial charge is 0.222 e. The molecule has 1 saturated heterocycles. The Hall–Kier alpha value is -2.10. The lowest BCUT2D eigenvalue weighted by molar-refractivity contribution is -0.131. The first-order valence-electron chi connectivity index (χ1n) is 7.12. The van der Waals surface area contributed by atoms with Crippen molar-refractivity contribution in [2.75, 3.05) is 6.54 Å². The normalized spacial score (nSPS) is 16.2. The zero-order chi connectivity index (χ0) is 13.8. The number of carbonyl (C=O) groups is 1. The minimum Gasteiger partial charge on any atom is -0.359 e. The molecule has 1 aliphatic heterocycles. The van der Waals surface area contributed by atoms with Crippen molar-refractivity contribution in [1.82, 2.24) is 10.1 Å². The maximum Gasteiger partial charge on any atom is 0.222 e. The van der Waals surface area contributed by atoms with Crippen molar-refractivity contribution in [1.29, 1.82) is 0 Å². The Bertz CT molecular complexity index is 577. The molecule has 3 rings (SSSR count). The van der Waals surface area contributed by atoms with Gasteiger partial charge in [-0.1, -0.05) is 41.9 Å². The zero-order valence-corrected chi connectivity index (χ0v) is 11.4. The summed E-state index contributed by atoms with van der Waals surface area (Å²) < 4.78 is 5.37. The molecule has 0 aliphatic carbocycles. The third-order valence-electron chi connectivity index (χ3n) is 3.65. The molecule has 0 spiro atoms. The van der Waals surface area contributed by atoms with E-state index in [0.717, 1.165) is 42.8 Å². The molecular weight excluding hydrogens is 252 g/mol. The first-order valence-corrected chi connectivity index (χ1v) is 7.12. The van der Waals surface area contributed by atoms with Crippen molar-refractivity contribution in [2.24, 2.45) is 0 Å². The molecule has 0 bridgehead atoms. The van der Waals surface area contributed by atoms with Gasteiger partial charge in [0, 0.05) is 24.6 Å². The summed E-state index contributed by atoms with van der Waals surface area (Å²) in [6, 6.07) is 11.8. The molecule has 20 heavy (non-hydrogen) atoms. The van der Waals surface area contributed by atoms with Gasteiger partial charge in [0.25, 0.3) is 0 Å². The number of likely N-dealkylation sites (tertiary alicyclic amines) is 1. The van der Waals surface area contributed by atoms with E-state index in [4.69, 9.17) is 4.52 Å². The van der Waals surface area contributed by atoms with Crippen LogP contribution >= 0.6 is 0 Å². The second kappa shape index (κ2) is 5.90. The monoisotopic (exact) mass is 270 g/mol. The zero-order valence-electron chi connectivity index (χ0n) is 11.4. The highest BCUT2D eigenvalue weighted by Gasteiger charge is 2.18. The Kier molecular flexibility index (Phi) is 3.81. The number of aromatic nitrogens is 1. The van der Waals surface area contributed by atoms with E-state index in [9.17, 15) is 4.79 Å². The van der Waals surface area contributed by atoms with E-state index in [-0.39, 0.29) is 5.91 Å². The lowest BCUT2D eigenvalue weighted by Crippen LogP contribution is -2.29. The number of hydrogen-bond acceptors (Lipinski definition) is 3. The van der Waals surface area contributed by atoms with Gasteiger partial charge in [-0.05, 0) is 12.8 Å². The van der Waals surface area contributed by atoms with Gasteiger partial charge in [0.2, 0.25) is 5.91 Å². The molecule has 0 N–H and O–H groups in total. The van der Waals surface area contributed by atoms with Crippen molar-refractivity contribution in [2.45, 2.75) is 32.2 Å². The first-order chi connectivity index (χ1) is 9.83. The van der Waals surface area contributed by atoms with E-state index < -0.39 is 0 Å². The van der Waals surface area contributed by atoms with Gasteiger partial charge in [-0.3, -0.25) is 4.79 Å². The molecule has 104 valence electrons. The van der Waals surface area contributed by atoms with Crippen LogP contribution in [0.5, 0.6) is 0 Å². The Morgan fingerprint density at radius 1 is 1.15 bits per heavy atom. The van der Waals surface area contributed by atoms with Crippen molar-refractivity contribution in [3.8, 4) is 11.3 Å². The van der Waals surface area contributed by atoms with Gasteiger partial charge in [0.15, 0.2) is 5.76 Å². The largest absolute Gasteiger partial charge is 0.359 e. The third kappa shape index (κ3) is 2.90. The summed E-state index contributed by atoms with van der Waals surface area (Å²) in [7, 11) is 0. The molecule has 1 aromatic heterocycles. The highest BCUT2D eigenvalue weighted by Crippen LogP contribution is 2.20. The summed E-state index contributed by atoms with van der Waals surface area (Å²) in [6.45, 7) is 1.35. The SMILES string of the molecule is O=C1CCCCCN1Cc1cc(-c2ccccc2)no1. The molecule has 1 aromatic carbocycles. The maximum absolute atomic E-state index is 12.0. The van der Waals surface area contributed by atoms with Crippen LogP contribution in [-0.2, 0) is 11.3 Å². The van der Waals surface area contributed by atoms with Crippen molar-refractivity contribution >= 4 is 5.91 Å². The summed E-state index contributed by atoms with van der Waals surface area (Å²) >= 11 is 0. The molecule has 1 fully saturated rings. The first kappa shape index (κ1) is 12.9. The highest BCUT2D eigenvalue weighted by molar-refractivity contribution is 5.76. The van der Waals surface area contributed by atoms with E-state index in [2.05, 4.69) is 5.16 Å². The quantitative estimate of drug-likeness (QED) is 0.860. The average Bonchev–Trinajstić information content (AvgIpc) is 2.86. The molecule has 2 aromatic rings. The second-order valence-corrected chi connectivity index (χ2v) is 5.17. The van der Waals surface area contributed by atoms with E-state index in [1.54, 1.807) is 0 Å². The molecule has 0 unspecified atom stereocenters. The maximum atomic E-state index is 12.0. The van der Waals surface area contributed by atoms with Crippen LogP contribution in [0, 0.1) is 0 Å². The second-order valence-electron chi connectivity index (χ2n) is 5.17. The summed E-state index contributed by atoms with van der Waals surface area (Å²) in [5, 5.41) is 4.09. The fourth-order valence-corrected chi connectivity index (χ4v) is 2.53. The van der Waals surface area contributed by atoms with Gasteiger partial charge in [0.1, 0.15) is 5.69 Å². The van der Waals surface area contributed by atoms with Gasteiger partial charge < -0.3 is 9.42 Å². The van der Waals surface area contributed by atoms with Crippen LogP contribution in [0.4, 0.5) is 0 Å². The Morgan fingerprint density at radius 2 is 2.00 bits per heavy atom. The summed E-state index contributed by atoms with van der Waals surface area (Å²) in [5.74, 6) is 0.972. The van der Waals surface area contributed by atoms with Crippen LogP contribution in [0.1, 0.15) is 31.4 Å². The van der Waals surface area contributed by atoms with Gasteiger partial charge in [-0.25, -0.2) is 0 Å². The van der Waals surface area contributed by atoms with Gasteiger partial charge >= 0.3 is 0 Å². The Morgan fingerprint density at radius 3 is 2.85 bits per heavy atom. The predicted octanol–water partition coefficient (Wildman–Crippen LogP) is 3.24. The number of nitrogens with zero attached hydrogens (tertiary/aromatic N) is 2. The van der Waals surface area contributed by atoms with Crippen LogP contribution in [0.15, 0.2) is 40.9 Å². The molecule has 2 heterocycles. The van der Waals surface area contributed by atoms with Crippen LogP contribution in [0.25, 0.3) is 11.3 Å². The minimum absolute atomic E-state index is 0.222.